The van der Waals surface area contributed by atoms with Crippen LogP contribution >= 0.6 is 11.8 Å². The van der Waals surface area contributed by atoms with Crippen LogP contribution in [0.3, 0.4) is 0 Å². The van der Waals surface area contributed by atoms with Gasteiger partial charge in [0.1, 0.15) is 5.82 Å². The van der Waals surface area contributed by atoms with Crippen LogP contribution in [0.25, 0.3) is 11.5 Å². The Morgan fingerprint density at radius 3 is 2.75 bits per heavy atom. The van der Waals surface area contributed by atoms with Gasteiger partial charge in [0, 0.05) is 11.3 Å². The number of aromatic nitrogens is 2. The van der Waals surface area contributed by atoms with Crippen LogP contribution in [0.15, 0.2) is 52.1 Å². The Balaban J connectivity index is 1.61. The third-order valence-corrected chi connectivity index (χ3v) is 4.58. The lowest BCUT2D eigenvalue weighted by atomic mass is 10.1. The Morgan fingerprint density at radius 2 is 2.00 bits per heavy atom. The number of nitrogens with one attached hydrogen (secondary N) is 1. The van der Waals surface area contributed by atoms with E-state index in [1.165, 1.54) is 12.1 Å². The van der Waals surface area contributed by atoms with E-state index in [1.807, 2.05) is 31.2 Å². The number of benzene rings is 2. The van der Waals surface area contributed by atoms with Gasteiger partial charge in [-0.15, -0.1) is 10.2 Å². The van der Waals surface area contributed by atoms with Gasteiger partial charge in [-0.3, -0.25) is 4.79 Å². The van der Waals surface area contributed by atoms with Crippen molar-refractivity contribution >= 4 is 29.3 Å². The zero-order valence-corrected chi connectivity index (χ0v) is 15.9. The van der Waals surface area contributed by atoms with E-state index in [0.29, 0.717) is 5.89 Å². The Kier molecular flexibility index (Phi) is 6.05. The molecule has 0 aliphatic heterocycles. The monoisotopic (exact) mass is 401 g/mol. The lowest BCUT2D eigenvalue weighted by molar-refractivity contribution is -0.113. The van der Waals surface area contributed by atoms with Crippen LogP contribution in [-0.4, -0.2) is 34.9 Å². The van der Waals surface area contributed by atoms with E-state index in [0.717, 1.165) is 36.1 Å². The average molecular weight is 401 g/mol. The minimum atomic E-state index is -0.822. The lowest BCUT2D eigenvalue weighted by Crippen LogP contribution is -2.15. The molecule has 1 aromatic heterocycles. The van der Waals surface area contributed by atoms with Crippen LogP contribution in [-0.2, 0) is 9.53 Å². The number of methoxy groups -OCH3 is 1. The van der Waals surface area contributed by atoms with Crippen molar-refractivity contribution in [1.82, 2.24) is 10.2 Å². The van der Waals surface area contributed by atoms with Gasteiger partial charge in [0.15, 0.2) is 0 Å². The third-order valence-electron chi connectivity index (χ3n) is 3.76. The summed E-state index contributed by atoms with van der Waals surface area (Å²) >= 11 is 1.07. The van der Waals surface area contributed by atoms with Gasteiger partial charge < -0.3 is 14.5 Å². The first-order valence-electron chi connectivity index (χ1n) is 8.18. The molecule has 1 amide bonds. The van der Waals surface area contributed by atoms with Crippen molar-refractivity contribution in [3.63, 3.8) is 0 Å². The zero-order valence-electron chi connectivity index (χ0n) is 15.1. The molecule has 3 rings (SSSR count). The Hall–Kier alpha value is -3.20. The molecule has 0 aliphatic rings. The molecule has 0 unspecified atom stereocenters. The van der Waals surface area contributed by atoms with Crippen LogP contribution in [0, 0.1) is 12.7 Å². The molecule has 0 aliphatic carbocycles. The Labute approximate surface area is 164 Å². The maximum absolute atomic E-state index is 13.6. The number of rotatable bonds is 6. The third kappa shape index (κ3) is 4.55. The number of nitrogens with zero attached hydrogens (tertiary/aromatic N) is 2. The number of carbonyl (C=O) groups excluding carboxylic acids is 2. The van der Waals surface area contributed by atoms with Gasteiger partial charge in [-0.2, -0.15) is 0 Å². The van der Waals surface area contributed by atoms with Gasteiger partial charge in [0.25, 0.3) is 5.22 Å². The van der Waals surface area contributed by atoms with E-state index in [1.54, 1.807) is 0 Å². The molecule has 1 heterocycles. The van der Waals surface area contributed by atoms with Gasteiger partial charge in [-0.05, 0) is 36.8 Å². The summed E-state index contributed by atoms with van der Waals surface area (Å²) in [5.41, 5.74) is 1.84. The first kappa shape index (κ1) is 19.6. The SMILES string of the molecule is COC(=O)c1cc(NC(=O)CSc2nnc(-c3ccccc3C)o2)ccc1F. The second-order valence-corrected chi connectivity index (χ2v) is 6.64. The number of carbonyl (C=O) groups is 2. The minimum absolute atomic E-state index is 0.000336. The molecule has 0 spiro atoms. The summed E-state index contributed by atoms with van der Waals surface area (Å²) in [7, 11) is 1.15. The number of thioether (sulfide) groups is 1. The highest BCUT2D eigenvalue weighted by atomic mass is 32.2. The molecule has 0 fully saturated rings. The highest BCUT2D eigenvalue weighted by molar-refractivity contribution is 7.99. The normalized spacial score (nSPS) is 10.5. The van der Waals surface area contributed by atoms with Crippen LogP contribution in [0.5, 0.6) is 0 Å². The largest absolute Gasteiger partial charge is 0.465 e. The summed E-state index contributed by atoms with van der Waals surface area (Å²) in [6, 6.07) is 11.2. The van der Waals surface area contributed by atoms with E-state index in [-0.39, 0.29) is 28.1 Å². The lowest BCUT2D eigenvalue weighted by Gasteiger charge is -2.07. The maximum atomic E-state index is 13.6. The Morgan fingerprint density at radius 1 is 1.21 bits per heavy atom. The molecule has 0 saturated carbocycles. The fourth-order valence-electron chi connectivity index (χ4n) is 2.38. The predicted molar refractivity (Wildman–Crippen MR) is 102 cm³/mol. The molecular weight excluding hydrogens is 385 g/mol. The average Bonchev–Trinajstić information content (AvgIpc) is 3.16. The number of hydrogen-bond donors (Lipinski definition) is 1. The van der Waals surface area contributed by atoms with Gasteiger partial charge in [0.2, 0.25) is 11.8 Å². The van der Waals surface area contributed by atoms with E-state index >= 15 is 0 Å². The summed E-state index contributed by atoms with van der Waals surface area (Å²) in [6.07, 6.45) is 0. The summed E-state index contributed by atoms with van der Waals surface area (Å²) in [4.78, 5) is 23.6. The minimum Gasteiger partial charge on any atom is -0.465 e. The fraction of sp³-hybridized carbons (Fsp3) is 0.158. The van der Waals surface area contributed by atoms with E-state index in [2.05, 4.69) is 20.3 Å². The van der Waals surface area contributed by atoms with Crippen molar-refractivity contribution in [3.8, 4) is 11.5 Å². The molecule has 0 radical (unpaired) electrons. The van der Waals surface area contributed by atoms with Crippen LogP contribution in [0.1, 0.15) is 15.9 Å². The number of amides is 1. The molecule has 9 heteroatoms. The second kappa shape index (κ2) is 8.66. The topological polar surface area (TPSA) is 94.3 Å². The van der Waals surface area contributed by atoms with Crippen molar-refractivity contribution in [2.75, 3.05) is 18.2 Å². The van der Waals surface area contributed by atoms with E-state index in [9.17, 15) is 14.0 Å². The molecule has 2 aromatic carbocycles. The van der Waals surface area contributed by atoms with Gasteiger partial charge in [-0.1, -0.05) is 30.0 Å². The molecule has 3 aromatic rings. The fourth-order valence-corrected chi connectivity index (χ4v) is 2.95. The van der Waals surface area contributed by atoms with Crippen molar-refractivity contribution < 1.29 is 23.1 Å². The summed E-state index contributed by atoms with van der Waals surface area (Å²) in [6.45, 7) is 1.94. The summed E-state index contributed by atoms with van der Waals surface area (Å²) in [5, 5.41) is 10.8. The number of halogens is 1. The van der Waals surface area contributed by atoms with Gasteiger partial charge >= 0.3 is 5.97 Å². The first-order valence-corrected chi connectivity index (χ1v) is 9.16. The molecule has 0 atom stereocenters. The molecule has 0 saturated heterocycles. The number of hydrogen-bond acceptors (Lipinski definition) is 7. The molecule has 144 valence electrons. The quantitative estimate of drug-likeness (QED) is 0.497. The number of ether oxygens (including phenoxy) is 1. The highest BCUT2D eigenvalue weighted by Crippen LogP contribution is 2.25. The predicted octanol–water partition coefficient (Wildman–Crippen LogP) is 3.70. The van der Waals surface area contributed by atoms with Gasteiger partial charge in [0.05, 0.1) is 18.4 Å². The standard InChI is InChI=1S/C19H16FN3O4S/c1-11-5-3-4-6-13(11)17-22-23-19(27-17)28-10-16(24)21-12-7-8-15(20)14(9-12)18(25)26-2/h3-9H,10H2,1-2H3,(H,21,24). The molecule has 1 N–H and O–H groups in total. The summed E-state index contributed by atoms with van der Waals surface area (Å²) in [5.74, 6) is -1.54. The number of anilines is 1. The van der Waals surface area contributed by atoms with Gasteiger partial charge in [-0.25, -0.2) is 9.18 Å². The molecular formula is C19H16FN3O4S. The van der Waals surface area contributed by atoms with Crippen LogP contribution in [0.4, 0.5) is 10.1 Å². The smallest absolute Gasteiger partial charge is 0.340 e. The van der Waals surface area contributed by atoms with Crippen LogP contribution < -0.4 is 5.32 Å². The summed E-state index contributed by atoms with van der Waals surface area (Å²) < 4.78 is 23.7. The highest BCUT2D eigenvalue weighted by Gasteiger charge is 2.15. The van der Waals surface area contributed by atoms with Crippen molar-refractivity contribution in [2.24, 2.45) is 0 Å². The molecule has 0 bridgehead atoms. The van der Waals surface area contributed by atoms with E-state index < -0.39 is 11.8 Å². The maximum Gasteiger partial charge on any atom is 0.340 e. The molecule has 7 nitrogen and oxygen atoms in total. The van der Waals surface area contributed by atoms with E-state index in [4.69, 9.17) is 4.42 Å². The zero-order chi connectivity index (χ0) is 20.1. The first-order chi connectivity index (χ1) is 13.5. The molecule has 28 heavy (non-hydrogen) atoms. The van der Waals surface area contributed by atoms with Crippen molar-refractivity contribution in [1.29, 1.82) is 0 Å². The van der Waals surface area contributed by atoms with Crippen LogP contribution in [0.2, 0.25) is 0 Å². The second-order valence-electron chi connectivity index (χ2n) is 5.71. The number of esters is 1. The van der Waals surface area contributed by atoms with Crippen molar-refractivity contribution in [3.05, 3.63) is 59.4 Å². The Bertz CT molecular complexity index is 1020. The number of aryl methyl sites for hydroxylation is 1. The van der Waals surface area contributed by atoms with Crippen molar-refractivity contribution in [2.45, 2.75) is 12.1 Å².